The minimum Gasteiger partial charge on any atom is -0.383 e. The van der Waals surface area contributed by atoms with Crippen molar-refractivity contribution >= 4 is 15.7 Å². The van der Waals surface area contributed by atoms with Crippen LogP contribution in [0.15, 0.2) is 0 Å². The molecule has 3 atom stereocenters. The summed E-state index contributed by atoms with van der Waals surface area (Å²) in [5.41, 5.74) is 6.00. The van der Waals surface area contributed by atoms with E-state index in [9.17, 15) is 13.2 Å². The minimum atomic E-state index is -3.03. The maximum atomic E-state index is 12.5. The molecule has 0 spiro atoms. The zero-order valence-electron chi connectivity index (χ0n) is 12.5. The molecule has 0 saturated carbocycles. The van der Waals surface area contributed by atoms with Gasteiger partial charge < -0.3 is 15.4 Å². The number of hydrogen-bond acceptors (Lipinski definition) is 5. The molecule has 1 rings (SSSR count). The standard InChI is InChI=1S/C13H26N2O4S/c1-4-10(2)12(14)13(16)15(6-7-19-3)11-5-8-20(17,18)9-11/h10-12H,4-9,14H2,1-3H3/t10?,11?,12-/m0/s1. The van der Waals surface area contributed by atoms with Crippen molar-refractivity contribution in [2.75, 3.05) is 31.8 Å². The molecule has 1 heterocycles. The minimum absolute atomic E-state index is 0.0374. The van der Waals surface area contributed by atoms with Crippen molar-refractivity contribution in [1.29, 1.82) is 0 Å². The maximum Gasteiger partial charge on any atom is 0.240 e. The van der Waals surface area contributed by atoms with Crippen LogP contribution in [0.1, 0.15) is 26.7 Å². The Bertz CT molecular complexity index is 424. The van der Waals surface area contributed by atoms with Crippen LogP contribution in [0.25, 0.3) is 0 Å². The summed E-state index contributed by atoms with van der Waals surface area (Å²) in [6, 6.07) is -0.849. The second-order valence-electron chi connectivity index (χ2n) is 5.49. The van der Waals surface area contributed by atoms with E-state index in [0.29, 0.717) is 19.6 Å². The van der Waals surface area contributed by atoms with Crippen molar-refractivity contribution in [3.8, 4) is 0 Å². The van der Waals surface area contributed by atoms with Crippen LogP contribution >= 0.6 is 0 Å². The summed E-state index contributed by atoms with van der Waals surface area (Å²) >= 11 is 0. The van der Waals surface area contributed by atoms with Gasteiger partial charge in [0.2, 0.25) is 5.91 Å². The van der Waals surface area contributed by atoms with Gasteiger partial charge in [0, 0.05) is 19.7 Å². The molecule has 118 valence electrons. The number of methoxy groups -OCH3 is 1. The van der Waals surface area contributed by atoms with E-state index in [1.165, 1.54) is 0 Å². The first-order valence-corrected chi connectivity index (χ1v) is 8.90. The normalized spacial score (nSPS) is 24.3. The van der Waals surface area contributed by atoms with Crippen LogP contribution in [0.5, 0.6) is 0 Å². The van der Waals surface area contributed by atoms with Gasteiger partial charge in [0.1, 0.15) is 0 Å². The van der Waals surface area contributed by atoms with E-state index in [2.05, 4.69) is 0 Å². The summed E-state index contributed by atoms with van der Waals surface area (Å²) in [4.78, 5) is 14.1. The molecule has 1 saturated heterocycles. The number of amides is 1. The van der Waals surface area contributed by atoms with Gasteiger partial charge in [-0.15, -0.1) is 0 Å². The molecule has 7 heteroatoms. The van der Waals surface area contributed by atoms with E-state index < -0.39 is 15.9 Å². The molecule has 0 radical (unpaired) electrons. The van der Waals surface area contributed by atoms with Crippen molar-refractivity contribution in [3.05, 3.63) is 0 Å². The summed E-state index contributed by atoms with van der Waals surface area (Å²) < 4.78 is 28.2. The average Bonchev–Trinajstić information content (AvgIpc) is 2.77. The molecular weight excluding hydrogens is 280 g/mol. The lowest BCUT2D eigenvalue weighted by molar-refractivity contribution is -0.136. The number of carbonyl (C=O) groups excluding carboxylic acids is 1. The van der Waals surface area contributed by atoms with Crippen LogP contribution in [0, 0.1) is 5.92 Å². The van der Waals surface area contributed by atoms with Gasteiger partial charge >= 0.3 is 0 Å². The van der Waals surface area contributed by atoms with Gasteiger partial charge in [-0.05, 0) is 12.3 Å². The lowest BCUT2D eigenvalue weighted by Crippen LogP contribution is -2.52. The molecule has 0 aromatic heterocycles. The number of hydrogen-bond donors (Lipinski definition) is 1. The lowest BCUT2D eigenvalue weighted by Gasteiger charge is -2.32. The van der Waals surface area contributed by atoms with Gasteiger partial charge in [-0.3, -0.25) is 4.79 Å². The maximum absolute atomic E-state index is 12.5. The first kappa shape index (κ1) is 17.4. The van der Waals surface area contributed by atoms with Crippen LogP contribution in [-0.2, 0) is 19.4 Å². The smallest absolute Gasteiger partial charge is 0.240 e. The molecule has 0 aromatic rings. The Morgan fingerprint density at radius 2 is 2.15 bits per heavy atom. The van der Waals surface area contributed by atoms with E-state index in [4.69, 9.17) is 10.5 Å². The molecule has 6 nitrogen and oxygen atoms in total. The first-order valence-electron chi connectivity index (χ1n) is 7.07. The molecular formula is C13H26N2O4S. The topological polar surface area (TPSA) is 89.7 Å². The molecule has 2 N–H and O–H groups in total. The van der Waals surface area contributed by atoms with Crippen molar-refractivity contribution in [1.82, 2.24) is 4.90 Å². The van der Waals surface area contributed by atoms with Gasteiger partial charge in [0.25, 0.3) is 0 Å². The zero-order chi connectivity index (χ0) is 15.3. The van der Waals surface area contributed by atoms with Gasteiger partial charge in [0.05, 0.1) is 24.2 Å². The average molecular weight is 306 g/mol. The highest BCUT2D eigenvalue weighted by Gasteiger charge is 2.36. The molecule has 0 aliphatic carbocycles. The number of rotatable bonds is 7. The number of sulfone groups is 1. The summed E-state index contributed by atoms with van der Waals surface area (Å²) in [7, 11) is -1.47. The van der Waals surface area contributed by atoms with Crippen LogP contribution < -0.4 is 5.73 Å². The van der Waals surface area contributed by atoms with Crippen molar-refractivity contribution < 1.29 is 17.9 Å². The van der Waals surface area contributed by atoms with Gasteiger partial charge in [-0.1, -0.05) is 20.3 Å². The Labute approximate surface area is 121 Å². The Morgan fingerprint density at radius 3 is 2.60 bits per heavy atom. The van der Waals surface area contributed by atoms with Gasteiger partial charge in [-0.2, -0.15) is 0 Å². The summed E-state index contributed by atoms with van der Waals surface area (Å²) in [5.74, 6) is 0.0897. The quantitative estimate of drug-likeness (QED) is 0.716. The highest BCUT2D eigenvalue weighted by molar-refractivity contribution is 7.91. The van der Waals surface area contributed by atoms with Crippen LogP contribution in [0.2, 0.25) is 0 Å². The van der Waals surface area contributed by atoms with E-state index in [-0.39, 0.29) is 29.4 Å². The van der Waals surface area contributed by atoms with E-state index in [1.54, 1.807) is 12.0 Å². The highest BCUT2D eigenvalue weighted by Crippen LogP contribution is 2.20. The van der Waals surface area contributed by atoms with Gasteiger partial charge in [0.15, 0.2) is 9.84 Å². The van der Waals surface area contributed by atoms with Crippen LogP contribution in [0.3, 0.4) is 0 Å². The fourth-order valence-electron chi connectivity index (χ4n) is 2.37. The van der Waals surface area contributed by atoms with E-state index >= 15 is 0 Å². The third-order valence-electron chi connectivity index (χ3n) is 4.01. The number of carbonyl (C=O) groups is 1. The third kappa shape index (κ3) is 4.43. The molecule has 1 amide bonds. The zero-order valence-corrected chi connectivity index (χ0v) is 13.4. The van der Waals surface area contributed by atoms with Gasteiger partial charge in [-0.25, -0.2) is 8.42 Å². The van der Waals surface area contributed by atoms with E-state index in [0.717, 1.165) is 6.42 Å². The number of ether oxygens (including phenoxy) is 1. The fourth-order valence-corrected chi connectivity index (χ4v) is 4.10. The fraction of sp³-hybridized carbons (Fsp3) is 0.923. The van der Waals surface area contributed by atoms with E-state index in [1.807, 2.05) is 13.8 Å². The van der Waals surface area contributed by atoms with Crippen molar-refractivity contribution in [2.24, 2.45) is 11.7 Å². The Hall–Kier alpha value is -0.660. The second-order valence-corrected chi connectivity index (χ2v) is 7.72. The number of nitrogens with zero attached hydrogens (tertiary/aromatic N) is 1. The summed E-state index contributed by atoms with van der Waals surface area (Å²) in [6.07, 6.45) is 1.30. The predicted molar refractivity (Wildman–Crippen MR) is 78.1 cm³/mol. The summed E-state index contributed by atoms with van der Waals surface area (Å²) in [6.45, 7) is 4.69. The highest BCUT2D eigenvalue weighted by atomic mass is 32.2. The molecule has 1 aliphatic rings. The monoisotopic (exact) mass is 306 g/mol. The predicted octanol–water partition coefficient (Wildman–Crippen LogP) is 0.0219. The Morgan fingerprint density at radius 1 is 1.50 bits per heavy atom. The molecule has 0 aromatic carbocycles. The molecule has 20 heavy (non-hydrogen) atoms. The second kappa shape index (κ2) is 7.38. The molecule has 0 bridgehead atoms. The largest absolute Gasteiger partial charge is 0.383 e. The van der Waals surface area contributed by atoms with Crippen LogP contribution in [0.4, 0.5) is 0 Å². The third-order valence-corrected chi connectivity index (χ3v) is 5.76. The lowest BCUT2D eigenvalue weighted by atomic mass is 9.98. The van der Waals surface area contributed by atoms with Crippen LogP contribution in [-0.4, -0.2) is 63.1 Å². The molecule has 2 unspecified atom stereocenters. The SMILES string of the molecule is CCC(C)[C@H](N)C(=O)N(CCOC)C1CCS(=O)(=O)C1. The summed E-state index contributed by atoms with van der Waals surface area (Å²) in [5, 5.41) is 0. The molecule has 1 aliphatic heterocycles. The Kier molecular flexibility index (Phi) is 6.42. The number of nitrogens with two attached hydrogens (primary N) is 1. The first-order chi connectivity index (χ1) is 9.32. The Balaban J connectivity index is 2.81. The van der Waals surface area contributed by atoms with Crippen molar-refractivity contribution in [2.45, 2.75) is 38.8 Å². The molecule has 1 fully saturated rings. The van der Waals surface area contributed by atoms with Crippen molar-refractivity contribution in [3.63, 3.8) is 0 Å².